The molecule has 2 heterocycles. The summed E-state index contributed by atoms with van der Waals surface area (Å²) in [7, 11) is 0. The highest BCUT2D eigenvalue weighted by atomic mass is 16.2. The Bertz CT molecular complexity index is 1450. The third-order valence-corrected chi connectivity index (χ3v) is 5.49. The highest BCUT2D eigenvalue weighted by Gasteiger charge is 2.21. The van der Waals surface area contributed by atoms with Crippen LogP contribution in [0.15, 0.2) is 95.9 Å². The molecule has 4 nitrogen and oxygen atoms in total. The van der Waals surface area contributed by atoms with Crippen LogP contribution in [0, 0.1) is 0 Å². The van der Waals surface area contributed by atoms with Crippen LogP contribution in [0.25, 0.3) is 32.9 Å². The van der Waals surface area contributed by atoms with Gasteiger partial charge in [-0.1, -0.05) is 78.9 Å². The average Bonchev–Trinajstić information content (AvgIpc) is 3.13. The van der Waals surface area contributed by atoms with Crippen molar-refractivity contribution in [2.75, 3.05) is 0 Å². The van der Waals surface area contributed by atoms with Gasteiger partial charge in [0, 0.05) is 29.5 Å². The number of hydrogen-bond donors (Lipinski definition) is 0. The van der Waals surface area contributed by atoms with Gasteiger partial charge in [0.1, 0.15) is 5.52 Å². The van der Waals surface area contributed by atoms with Crippen molar-refractivity contribution in [2.45, 2.75) is 13.5 Å². The fourth-order valence-electron chi connectivity index (χ4n) is 4.19. The number of fused-ring (bicyclic) bond motifs is 3. The lowest BCUT2D eigenvalue weighted by Crippen LogP contribution is -2.24. The average molecular weight is 392 g/mol. The smallest absolute Gasteiger partial charge is 0.275 e. The van der Waals surface area contributed by atoms with Gasteiger partial charge in [-0.25, -0.2) is 0 Å². The monoisotopic (exact) mass is 392 g/mol. The molecule has 146 valence electrons. The second-order valence-electron chi connectivity index (χ2n) is 7.42. The van der Waals surface area contributed by atoms with Crippen molar-refractivity contribution in [3.63, 3.8) is 0 Å². The molecule has 0 aliphatic carbocycles. The second kappa shape index (κ2) is 7.16. The molecule has 0 aliphatic heterocycles. The van der Waals surface area contributed by atoms with Crippen LogP contribution in [-0.4, -0.2) is 15.0 Å². The number of hydrogen-bond acceptors (Lipinski definition) is 2. The first-order valence-electron chi connectivity index (χ1n) is 9.92. The Morgan fingerprint density at radius 3 is 2.17 bits per heavy atom. The van der Waals surface area contributed by atoms with E-state index in [1.54, 1.807) is 9.13 Å². The molecule has 0 saturated heterocycles. The molecule has 0 saturated carbocycles. The molecular formula is C26H20N2O2. The summed E-state index contributed by atoms with van der Waals surface area (Å²) in [4.78, 5) is 26.2. The number of pyridine rings is 1. The van der Waals surface area contributed by atoms with Gasteiger partial charge in [0.25, 0.3) is 5.56 Å². The van der Waals surface area contributed by atoms with E-state index in [0.29, 0.717) is 12.1 Å². The molecular weight excluding hydrogens is 372 g/mol. The summed E-state index contributed by atoms with van der Waals surface area (Å²) in [5, 5.41) is 1.73. The highest BCUT2D eigenvalue weighted by molar-refractivity contribution is 6.18. The Labute approximate surface area is 173 Å². The van der Waals surface area contributed by atoms with Crippen LogP contribution in [0.4, 0.5) is 0 Å². The first-order valence-corrected chi connectivity index (χ1v) is 9.92. The third-order valence-electron chi connectivity index (χ3n) is 5.49. The molecule has 0 bridgehead atoms. The second-order valence-corrected chi connectivity index (χ2v) is 7.42. The number of carbonyl (C=O) groups is 1. The number of para-hydroxylation sites is 1. The molecule has 0 spiro atoms. The van der Waals surface area contributed by atoms with Crippen LogP contribution in [-0.2, 0) is 6.54 Å². The van der Waals surface area contributed by atoms with E-state index in [-0.39, 0.29) is 11.5 Å². The summed E-state index contributed by atoms with van der Waals surface area (Å²) >= 11 is 0. The predicted octanol–water partition coefficient (Wildman–Crippen LogP) is 5.33. The summed E-state index contributed by atoms with van der Waals surface area (Å²) in [5.41, 5.74) is 4.00. The quantitative estimate of drug-likeness (QED) is 0.416. The van der Waals surface area contributed by atoms with Gasteiger partial charge in [-0.05, 0) is 17.2 Å². The molecule has 5 rings (SSSR count). The van der Waals surface area contributed by atoms with E-state index in [4.69, 9.17) is 0 Å². The Balaban J connectivity index is 1.93. The van der Waals surface area contributed by atoms with Crippen LogP contribution in [0.3, 0.4) is 0 Å². The number of rotatable bonds is 3. The summed E-state index contributed by atoms with van der Waals surface area (Å²) in [6.45, 7) is 1.94. The van der Waals surface area contributed by atoms with E-state index >= 15 is 0 Å². The van der Waals surface area contributed by atoms with Crippen LogP contribution >= 0.6 is 0 Å². The van der Waals surface area contributed by atoms with Crippen molar-refractivity contribution in [2.24, 2.45) is 0 Å². The van der Waals surface area contributed by atoms with Crippen LogP contribution < -0.4 is 5.56 Å². The zero-order chi connectivity index (χ0) is 20.7. The summed E-state index contributed by atoms with van der Waals surface area (Å²) < 4.78 is 3.26. The van der Waals surface area contributed by atoms with Gasteiger partial charge in [-0.15, -0.1) is 0 Å². The predicted molar refractivity (Wildman–Crippen MR) is 121 cm³/mol. The highest BCUT2D eigenvalue weighted by Crippen LogP contribution is 2.35. The van der Waals surface area contributed by atoms with Gasteiger partial charge in [0.15, 0.2) is 0 Å². The topological polar surface area (TPSA) is 44.0 Å². The molecule has 4 heteroatoms. The maximum absolute atomic E-state index is 13.6. The fourth-order valence-corrected chi connectivity index (χ4v) is 4.19. The fraction of sp³-hybridized carbons (Fsp3) is 0.0769. The van der Waals surface area contributed by atoms with Gasteiger partial charge in [0.05, 0.1) is 12.1 Å². The van der Waals surface area contributed by atoms with Crippen molar-refractivity contribution >= 4 is 27.7 Å². The molecule has 0 amide bonds. The SMILES string of the molecule is CC(=O)n1c2ccccc2c2c(-c3ccccc3)cn(Cc3ccccc3)c(=O)c21. The minimum atomic E-state index is -0.172. The molecule has 0 radical (unpaired) electrons. The molecule has 0 aliphatic rings. The Morgan fingerprint density at radius 1 is 0.833 bits per heavy atom. The van der Waals surface area contributed by atoms with E-state index in [0.717, 1.165) is 33.0 Å². The van der Waals surface area contributed by atoms with Gasteiger partial charge in [0.2, 0.25) is 5.91 Å². The largest absolute Gasteiger partial charge is 0.309 e. The van der Waals surface area contributed by atoms with Crippen molar-refractivity contribution in [3.05, 3.63) is 107 Å². The molecule has 5 aromatic rings. The molecule has 0 atom stereocenters. The van der Waals surface area contributed by atoms with E-state index in [1.807, 2.05) is 91.1 Å². The van der Waals surface area contributed by atoms with Crippen molar-refractivity contribution in [1.29, 1.82) is 0 Å². The van der Waals surface area contributed by atoms with E-state index < -0.39 is 0 Å². The van der Waals surface area contributed by atoms with E-state index in [2.05, 4.69) is 0 Å². The lowest BCUT2D eigenvalue weighted by Gasteiger charge is -2.12. The van der Waals surface area contributed by atoms with Crippen LogP contribution in [0.1, 0.15) is 17.3 Å². The standard InChI is InChI=1S/C26H20N2O2/c1-18(29)28-23-15-9-8-14-21(23)24-22(20-12-6-3-7-13-20)17-27(26(30)25(24)28)16-19-10-4-2-5-11-19/h2-15,17H,16H2,1H3. The minimum absolute atomic E-state index is 0.167. The molecule has 2 aromatic heterocycles. The Morgan fingerprint density at radius 2 is 1.47 bits per heavy atom. The molecule has 0 N–H and O–H groups in total. The van der Waals surface area contributed by atoms with Gasteiger partial charge < -0.3 is 4.57 Å². The van der Waals surface area contributed by atoms with Gasteiger partial charge in [-0.3, -0.25) is 14.2 Å². The lowest BCUT2D eigenvalue weighted by molar-refractivity contribution is 0.0946. The van der Waals surface area contributed by atoms with E-state index in [1.165, 1.54) is 6.92 Å². The zero-order valence-corrected chi connectivity index (χ0v) is 16.6. The van der Waals surface area contributed by atoms with Gasteiger partial charge in [-0.2, -0.15) is 0 Å². The first-order chi connectivity index (χ1) is 14.6. The van der Waals surface area contributed by atoms with Crippen molar-refractivity contribution < 1.29 is 4.79 Å². The first kappa shape index (κ1) is 18.1. The summed E-state index contributed by atoms with van der Waals surface area (Å²) in [6.07, 6.45) is 1.92. The molecule has 30 heavy (non-hydrogen) atoms. The Kier molecular flexibility index (Phi) is 4.32. The van der Waals surface area contributed by atoms with Crippen molar-refractivity contribution in [1.82, 2.24) is 9.13 Å². The van der Waals surface area contributed by atoms with Gasteiger partial charge >= 0.3 is 0 Å². The number of carbonyl (C=O) groups excluding carboxylic acids is 1. The molecule has 0 fully saturated rings. The van der Waals surface area contributed by atoms with E-state index in [9.17, 15) is 9.59 Å². The van der Waals surface area contributed by atoms with Crippen LogP contribution in [0.5, 0.6) is 0 Å². The maximum Gasteiger partial charge on any atom is 0.275 e. The molecule has 0 unspecified atom stereocenters. The normalized spacial score (nSPS) is 11.2. The number of aromatic nitrogens is 2. The van der Waals surface area contributed by atoms with Crippen LogP contribution in [0.2, 0.25) is 0 Å². The minimum Gasteiger partial charge on any atom is -0.309 e. The number of benzene rings is 3. The van der Waals surface area contributed by atoms with Crippen molar-refractivity contribution in [3.8, 4) is 11.1 Å². The lowest BCUT2D eigenvalue weighted by atomic mass is 10.0. The maximum atomic E-state index is 13.6. The number of nitrogens with zero attached hydrogens (tertiary/aromatic N) is 2. The third kappa shape index (κ3) is 2.85. The Hall–Kier alpha value is -3.92. The summed E-state index contributed by atoms with van der Waals surface area (Å²) in [5.74, 6) is -0.172. The summed E-state index contributed by atoms with van der Waals surface area (Å²) in [6, 6.07) is 27.6. The zero-order valence-electron chi connectivity index (χ0n) is 16.6. The molecule has 3 aromatic carbocycles.